The second kappa shape index (κ2) is 6.27. The normalized spacial score (nSPS) is 10.2. The lowest BCUT2D eigenvalue weighted by molar-refractivity contribution is 0.0601. The fourth-order valence-corrected chi connectivity index (χ4v) is 2.51. The molecular formula is C20H16O2. The van der Waals surface area contributed by atoms with Crippen LogP contribution in [0.25, 0.3) is 22.3 Å². The summed E-state index contributed by atoms with van der Waals surface area (Å²) in [6.45, 7) is 0. The molecule has 3 aromatic rings. The molecule has 0 atom stereocenters. The molecule has 0 aliphatic heterocycles. The number of carbonyl (C=O) groups excluding carboxylic acids is 1. The molecule has 0 saturated heterocycles. The largest absolute Gasteiger partial charge is 0.465 e. The van der Waals surface area contributed by atoms with Crippen LogP contribution in [0.1, 0.15) is 10.4 Å². The Labute approximate surface area is 130 Å². The van der Waals surface area contributed by atoms with Gasteiger partial charge in [0.1, 0.15) is 0 Å². The summed E-state index contributed by atoms with van der Waals surface area (Å²) < 4.78 is 4.74. The lowest BCUT2D eigenvalue weighted by atomic mass is 9.94. The summed E-state index contributed by atoms with van der Waals surface area (Å²) in [5, 5.41) is 0. The molecule has 0 aliphatic carbocycles. The Hall–Kier alpha value is -2.87. The number of methoxy groups -OCH3 is 1. The number of esters is 1. The molecule has 3 aromatic carbocycles. The number of carbonyl (C=O) groups is 1. The van der Waals surface area contributed by atoms with Gasteiger partial charge >= 0.3 is 5.97 Å². The summed E-state index contributed by atoms with van der Waals surface area (Å²) in [7, 11) is 1.39. The van der Waals surface area contributed by atoms with Gasteiger partial charge in [0.2, 0.25) is 0 Å². The first-order valence-corrected chi connectivity index (χ1v) is 7.13. The highest BCUT2D eigenvalue weighted by atomic mass is 16.5. The average Bonchev–Trinajstić information content (AvgIpc) is 2.62. The van der Waals surface area contributed by atoms with Crippen LogP contribution in [-0.4, -0.2) is 13.1 Å². The van der Waals surface area contributed by atoms with Crippen molar-refractivity contribution >= 4 is 5.97 Å². The summed E-state index contributed by atoms with van der Waals surface area (Å²) in [6.07, 6.45) is 0. The molecule has 0 aliphatic rings. The van der Waals surface area contributed by atoms with E-state index >= 15 is 0 Å². The highest BCUT2D eigenvalue weighted by molar-refractivity contribution is 5.91. The number of rotatable bonds is 3. The van der Waals surface area contributed by atoms with Crippen molar-refractivity contribution in [1.29, 1.82) is 0 Å². The van der Waals surface area contributed by atoms with Gasteiger partial charge in [0, 0.05) is 0 Å². The van der Waals surface area contributed by atoms with Crippen molar-refractivity contribution < 1.29 is 9.53 Å². The summed E-state index contributed by atoms with van der Waals surface area (Å²) in [6, 6.07) is 26.0. The van der Waals surface area contributed by atoms with E-state index in [-0.39, 0.29) is 5.97 Å². The van der Waals surface area contributed by atoms with Gasteiger partial charge in [0.25, 0.3) is 0 Å². The highest BCUT2D eigenvalue weighted by Gasteiger charge is 2.08. The maximum atomic E-state index is 11.5. The van der Waals surface area contributed by atoms with E-state index in [2.05, 4.69) is 24.3 Å². The van der Waals surface area contributed by atoms with Gasteiger partial charge < -0.3 is 4.74 Å². The highest BCUT2D eigenvalue weighted by Crippen LogP contribution is 2.31. The van der Waals surface area contributed by atoms with Crippen LogP contribution < -0.4 is 0 Å². The molecule has 108 valence electrons. The van der Waals surface area contributed by atoms with Gasteiger partial charge in [-0.1, -0.05) is 66.7 Å². The smallest absolute Gasteiger partial charge is 0.337 e. The maximum Gasteiger partial charge on any atom is 0.337 e. The lowest BCUT2D eigenvalue weighted by Crippen LogP contribution is -2.00. The van der Waals surface area contributed by atoms with Crippen LogP contribution in [0.2, 0.25) is 0 Å². The molecule has 0 bridgehead atoms. The Kier molecular flexibility index (Phi) is 4.01. The molecule has 0 aromatic heterocycles. The van der Waals surface area contributed by atoms with Gasteiger partial charge in [-0.2, -0.15) is 0 Å². The zero-order chi connectivity index (χ0) is 15.4. The van der Waals surface area contributed by atoms with E-state index in [4.69, 9.17) is 4.74 Å². The molecule has 0 heterocycles. The maximum absolute atomic E-state index is 11.5. The third-order valence-corrected chi connectivity index (χ3v) is 3.63. The van der Waals surface area contributed by atoms with Crippen LogP contribution in [0.15, 0.2) is 78.9 Å². The first kappa shape index (κ1) is 14.1. The van der Waals surface area contributed by atoms with Crippen molar-refractivity contribution in [3.05, 3.63) is 84.4 Å². The number of benzene rings is 3. The number of ether oxygens (including phenoxy) is 1. The van der Waals surface area contributed by atoms with E-state index < -0.39 is 0 Å². The quantitative estimate of drug-likeness (QED) is 0.647. The van der Waals surface area contributed by atoms with Gasteiger partial charge in [-0.25, -0.2) is 4.79 Å². The first-order valence-electron chi connectivity index (χ1n) is 7.13. The van der Waals surface area contributed by atoms with Crippen molar-refractivity contribution in [2.45, 2.75) is 0 Å². The predicted molar refractivity (Wildman–Crippen MR) is 88.7 cm³/mol. The number of hydrogen-bond acceptors (Lipinski definition) is 2. The third-order valence-electron chi connectivity index (χ3n) is 3.63. The fraction of sp³-hybridized carbons (Fsp3) is 0.0500. The zero-order valence-corrected chi connectivity index (χ0v) is 12.3. The Bertz CT molecular complexity index is 774. The molecule has 0 saturated carbocycles. The standard InChI is InChI=1S/C20H16O2/c1-22-20(21)17-13-11-16(12-14-17)19-10-6-5-9-18(19)15-7-3-2-4-8-15/h2-14H,1H3. The molecule has 3 rings (SSSR count). The van der Waals surface area contributed by atoms with Crippen molar-refractivity contribution in [2.75, 3.05) is 7.11 Å². The van der Waals surface area contributed by atoms with Crippen LogP contribution in [0.5, 0.6) is 0 Å². The summed E-state index contributed by atoms with van der Waals surface area (Å²) >= 11 is 0. The van der Waals surface area contributed by atoms with Gasteiger partial charge in [0.15, 0.2) is 0 Å². The van der Waals surface area contributed by atoms with Gasteiger partial charge in [-0.05, 0) is 34.4 Å². The Balaban J connectivity index is 2.04. The minimum atomic E-state index is -0.317. The molecule has 0 unspecified atom stereocenters. The SMILES string of the molecule is COC(=O)c1ccc(-c2ccccc2-c2ccccc2)cc1. The molecule has 0 amide bonds. The Morgan fingerprint density at radius 1 is 0.682 bits per heavy atom. The van der Waals surface area contributed by atoms with Crippen LogP contribution in [0, 0.1) is 0 Å². The van der Waals surface area contributed by atoms with E-state index in [0.717, 1.165) is 11.1 Å². The second-order valence-electron chi connectivity index (χ2n) is 4.98. The van der Waals surface area contributed by atoms with E-state index in [9.17, 15) is 4.79 Å². The van der Waals surface area contributed by atoms with E-state index in [1.165, 1.54) is 18.2 Å². The van der Waals surface area contributed by atoms with Crippen molar-refractivity contribution in [2.24, 2.45) is 0 Å². The zero-order valence-electron chi connectivity index (χ0n) is 12.3. The monoisotopic (exact) mass is 288 g/mol. The van der Waals surface area contributed by atoms with Crippen LogP contribution in [-0.2, 0) is 4.74 Å². The lowest BCUT2D eigenvalue weighted by Gasteiger charge is -2.10. The molecular weight excluding hydrogens is 272 g/mol. The third kappa shape index (κ3) is 2.77. The molecule has 2 heteroatoms. The van der Waals surface area contributed by atoms with Crippen molar-refractivity contribution in [3.8, 4) is 22.3 Å². The minimum Gasteiger partial charge on any atom is -0.465 e. The van der Waals surface area contributed by atoms with Gasteiger partial charge in [-0.3, -0.25) is 0 Å². The van der Waals surface area contributed by atoms with E-state index in [0.29, 0.717) is 5.56 Å². The Morgan fingerprint density at radius 2 is 1.18 bits per heavy atom. The predicted octanol–water partition coefficient (Wildman–Crippen LogP) is 4.81. The summed E-state index contributed by atoms with van der Waals surface area (Å²) in [4.78, 5) is 11.5. The number of hydrogen-bond donors (Lipinski definition) is 0. The summed E-state index contributed by atoms with van der Waals surface area (Å²) in [5.74, 6) is -0.317. The molecule has 0 N–H and O–H groups in total. The molecule has 0 fully saturated rings. The Morgan fingerprint density at radius 3 is 1.73 bits per heavy atom. The topological polar surface area (TPSA) is 26.3 Å². The molecule has 0 spiro atoms. The minimum absolute atomic E-state index is 0.317. The van der Waals surface area contributed by atoms with Crippen molar-refractivity contribution in [3.63, 3.8) is 0 Å². The fourth-order valence-electron chi connectivity index (χ4n) is 2.51. The molecule has 22 heavy (non-hydrogen) atoms. The molecule has 0 radical (unpaired) electrons. The van der Waals surface area contributed by atoms with E-state index in [1.807, 2.05) is 42.5 Å². The molecule has 2 nitrogen and oxygen atoms in total. The van der Waals surface area contributed by atoms with Gasteiger partial charge in [-0.15, -0.1) is 0 Å². The average molecular weight is 288 g/mol. The van der Waals surface area contributed by atoms with Crippen LogP contribution >= 0.6 is 0 Å². The second-order valence-corrected chi connectivity index (χ2v) is 4.98. The van der Waals surface area contributed by atoms with Crippen LogP contribution in [0.4, 0.5) is 0 Å². The van der Waals surface area contributed by atoms with Gasteiger partial charge in [0.05, 0.1) is 12.7 Å². The van der Waals surface area contributed by atoms with Crippen molar-refractivity contribution in [1.82, 2.24) is 0 Å². The first-order chi connectivity index (χ1) is 10.8. The van der Waals surface area contributed by atoms with Crippen LogP contribution in [0.3, 0.4) is 0 Å². The summed E-state index contributed by atoms with van der Waals surface area (Å²) in [5.41, 5.74) is 5.13. The van der Waals surface area contributed by atoms with E-state index in [1.54, 1.807) is 12.1 Å².